The maximum Gasteiger partial charge on any atom is 0.339 e. The first-order chi connectivity index (χ1) is 12.1. The quantitative estimate of drug-likeness (QED) is 0.731. The van der Waals surface area contributed by atoms with E-state index in [2.05, 4.69) is 15.0 Å². The number of aromatic nitrogens is 1. The zero-order valence-corrected chi connectivity index (χ0v) is 15.3. The third kappa shape index (κ3) is 6.82. The van der Waals surface area contributed by atoms with Gasteiger partial charge in [0, 0.05) is 19.3 Å². The lowest BCUT2D eigenvalue weighted by Crippen LogP contribution is -2.36. The molecule has 0 spiro atoms. The van der Waals surface area contributed by atoms with Gasteiger partial charge in [-0.2, -0.15) is 0 Å². The maximum absolute atomic E-state index is 12.0. The number of methoxy groups -OCH3 is 1. The summed E-state index contributed by atoms with van der Waals surface area (Å²) in [6.45, 7) is 1.66. The van der Waals surface area contributed by atoms with Gasteiger partial charge in [0.25, 0.3) is 0 Å². The smallest absolute Gasteiger partial charge is 0.339 e. The number of hydrogen-bond acceptors (Lipinski definition) is 5. The van der Waals surface area contributed by atoms with Crippen molar-refractivity contribution in [2.75, 3.05) is 27.2 Å². The van der Waals surface area contributed by atoms with Gasteiger partial charge >= 0.3 is 5.97 Å². The Balaban J connectivity index is 1.67. The number of carbonyl (C=O) groups excluding carboxylic acids is 2. The van der Waals surface area contributed by atoms with E-state index in [1.54, 1.807) is 12.1 Å². The van der Waals surface area contributed by atoms with Crippen LogP contribution in [0.25, 0.3) is 0 Å². The van der Waals surface area contributed by atoms with E-state index >= 15 is 0 Å². The summed E-state index contributed by atoms with van der Waals surface area (Å²) in [5.74, 6) is 0.429. The average Bonchev–Trinajstić information content (AvgIpc) is 2.62. The predicted molar refractivity (Wildman–Crippen MR) is 96.1 cm³/mol. The highest BCUT2D eigenvalue weighted by Gasteiger charge is 2.14. The number of hydrogen-bond donors (Lipinski definition) is 1. The minimum atomic E-state index is -0.398. The van der Waals surface area contributed by atoms with E-state index in [0.717, 1.165) is 24.6 Å². The number of nitrogens with zero attached hydrogens (tertiary/aromatic N) is 2. The van der Waals surface area contributed by atoms with Crippen LogP contribution in [0, 0.1) is 5.92 Å². The van der Waals surface area contributed by atoms with Crippen molar-refractivity contribution in [3.8, 4) is 0 Å². The van der Waals surface area contributed by atoms with Gasteiger partial charge in [0.15, 0.2) is 0 Å². The highest BCUT2D eigenvalue weighted by molar-refractivity contribution is 5.88. The fourth-order valence-corrected chi connectivity index (χ4v) is 3.28. The van der Waals surface area contributed by atoms with Gasteiger partial charge in [0.1, 0.15) is 0 Å². The van der Waals surface area contributed by atoms with E-state index in [1.807, 2.05) is 11.9 Å². The van der Waals surface area contributed by atoms with Gasteiger partial charge in [0.05, 0.1) is 24.9 Å². The maximum atomic E-state index is 12.0. The minimum Gasteiger partial charge on any atom is -0.465 e. The summed E-state index contributed by atoms with van der Waals surface area (Å²) in [6, 6.07) is 3.47. The Morgan fingerprint density at radius 3 is 2.68 bits per heavy atom. The number of likely N-dealkylation sites (N-methyl/N-ethyl adjacent to an activating group) is 1. The third-order valence-corrected chi connectivity index (χ3v) is 4.69. The Bertz CT molecular complexity index is 554. The summed E-state index contributed by atoms with van der Waals surface area (Å²) in [4.78, 5) is 29.6. The average molecular weight is 347 g/mol. The molecule has 1 saturated carbocycles. The minimum absolute atomic E-state index is 0.0458. The molecule has 2 rings (SSSR count). The molecule has 6 nitrogen and oxygen atoms in total. The van der Waals surface area contributed by atoms with Crippen LogP contribution in [-0.4, -0.2) is 49.0 Å². The Labute approximate surface area is 150 Å². The number of nitrogens with one attached hydrogen (secondary N) is 1. The number of rotatable bonds is 8. The van der Waals surface area contributed by atoms with Crippen LogP contribution in [0.3, 0.4) is 0 Å². The molecule has 1 amide bonds. The van der Waals surface area contributed by atoms with Crippen LogP contribution in [0.2, 0.25) is 0 Å². The molecule has 1 heterocycles. The van der Waals surface area contributed by atoms with Gasteiger partial charge in [-0.25, -0.2) is 4.79 Å². The van der Waals surface area contributed by atoms with Gasteiger partial charge in [-0.1, -0.05) is 32.1 Å². The second-order valence-electron chi connectivity index (χ2n) is 6.84. The highest BCUT2D eigenvalue weighted by Crippen LogP contribution is 2.25. The topological polar surface area (TPSA) is 71.5 Å². The van der Waals surface area contributed by atoms with Gasteiger partial charge < -0.3 is 10.1 Å². The van der Waals surface area contributed by atoms with Crippen molar-refractivity contribution >= 4 is 11.9 Å². The zero-order chi connectivity index (χ0) is 18.1. The van der Waals surface area contributed by atoms with Gasteiger partial charge in [-0.3, -0.25) is 14.7 Å². The van der Waals surface area contributed by atoms with E-state index < -0.39 is 5.97 Å². The van der Waals surface area contributed by atoms with Crippen molar-refractivity contribution in [2.45, 2.75) is 45.1 Å². The second-order valence-corrected chi connectivity index (χ2v) is 6.84. The predicted octanol–water partition coefficient (Wildman–Crippen LogP) is 2.39. The molecule has 1 aliphatic rings. The summed E-state index contributed by atoms with van der Waals surface area (Å²) in [7, 11) is 3.23. The van der Waals surface area contributed by atoms with Crippen LogP contribution in [0.1, 0.15) is 54.6 Å². The summed E-state index contributed by atoms with van der Waals surface area (Å²) >= 11 is 0. The normalized spacial score (nSPS) is 15.2. The number of pyridine rings is 1. The van der Waals surface area contributed by atoms with Crippen molar-refractivity contribution in [3.05, 3.63) is 29.6 Å². The van der Waals surface area contributed by atoms with Crippen molar-refractivity contribution in [1.82, 2.24) is 15.2 Å². The zero-order valence-electron chi connectivity index (χ0n) is 15.3. The number of amides is 1. The van der Waals surface area contributed by atoms with Crippen LogP contribution < -0.4 is 5.32 Å². The summed E-state index contributed by atoms with van der Waals surface area (Å²) in [5.41, 5.74) is 1.24. The highest BCUT2D eigenvalue weighted by atomic mass is 16.5. The van der Waals surface area contributed by atoms with Crippen molar-refractivity contribution < 1.29 is 14.3 Å². The first-order valence-corrected chi connectivity index (χ1v) is 9.07. The molecule has 0 radical (unpaired) electrons. The van der Waals surface area contributed by atoms with Crippen LogP contribution in [0.5, 0.6) is 0 Å². The molecule has 1 aromatic heterocycles. The Hall–Kier alpha value is -1.95. The molecule has 0 unspecified atom stereocenters. The molecule has 1 fully saturated rings. The second kappa shape index (κ2) is 10.1. The molecule has 6 heteroatoms. The molecule has 1 aromatic rings. The summed E-state index contributed by atoms with van der Waals surface area (Å²) in [6.07, 6.45) is 9.24. The number of ether oxygens (including phenoxy) is 1. The first-order valence-electron chi connectivity index (χ1n) is 9.07. The van der Waals surface area contributed by atoms with Crippen molar-refractivity contribution in [3.63, 3.8) is 0 Å². The Morgan fingerprint density at radius 1 is 1.28 bits per heavy atom. The molecular formula is C19H29N3O3. The third-order valence-electron chi connectivity index (χ3n) is 4.69. The molecule has 0 atom stereocenters. The summed E-state index contributed by atoms with van der Waals surface area (Å²) < 4.78 is 4.65. The lowest BCUT2D eigenvalue weighted by molar-refractivity contribution is -0.122. The molecule has 0 bridgehead atoms. The molecule has 138 valence electrons. The van der Waals surface area contributed by atoms with Gasteiger partial charge in [-0.05, 0) is 31.5 Å². The van der Waals surface area contributed by atoms with Crippen LogP contribution in [0.4, 0.5) is 0 Å². The van der Waals surface area contributed by atoms with Crippen molar-refractivity contribution in [1.29, 1.82) is 0 Å². The largest absolute Gasteiger partial charge is 0.465 e. The molecule has 1 aliphatic carbocycles. The Morgan fingerprint density at radius 2 is 2.04 bits per heavy atom. The van der Waals surface area contributed by atoms with E-state index in [-0.39, 0.29) is 5.91 Å². The molecule has 0 aromatic carbocycles. The number of carbonyl (C=O) groups is 2. The van der Waals surface area contributed by atoms with Gasteiger partial charge in [0.2, 0.25) is 5.91 Å². The van der Waals surface area contributed by atoms with Crippen LogP contribution in [-0.2, 0) is 16.1 Å². The van der Waals surface area contributed by atoms with E-state index in [9.17, 15) is 9.59 Å². The van der Waals surface area contributed by atoms with E-state index in [0.29, 0.717) is 18.7 Å². The van der Waals surface area contributed by atoms with Crippen LogP contribution >= 0.6 is 0 Å². The summed E-state index contributed by atoms with van der Waals surface area (Å²) in [5, 5.41) is 3.02. The van der Waals surface area contributed by atoms with Crippen molar-refractivity contribution in [2.24, 2.45) is 5.92 Å². The monoisotopic (exact) mass is 347 g/mol. The fraction of sp³-hybridized carbons (Fsp3) is 0.632. The molecule has 0 aliphatic heterocycles. The Kier molecular flexibility index (Phi) is 7.85. The molecule has 0 saturated heterocycles. The SMILES string of the molecule is COC(=O)c1ccc(CN(C)CC(=O)NCCC2CCCCC2)nc1. The molecule has 1 N–H and O–H groups in total. The number of esters is 1. The molecular weight excluding hydrogens is 318 g/mol. The standard InChI is InChI=1S/C19H29N3O3/c1-22(13-17-9-8-16(12-21-17)19(24)25-2)14-18(23)20-11-10-15-6-4-3-5-7-15/h8-9,12,15H,3-7,10-11,13-14H2,1-2H3,(H,20,23). The first kappa shape index (κ1) is 19.4. The van der Waals surface area contributed by atoms with Gasteiger partial charge in [-0.15, -0.1) is 0 Å². The lowest BCUT2D eigenvalue weighted by atomic mass is 9.87. The van der Waals surface area contributed by atoms with E-state index in [1.165, 1.54) is 45.4 Å². The lowest BCUT2D eigenvalue weighted by Gasteiger charge is -2.22. The molecule has 25 heavy (non-hydrogen) atoms. The van der Waals surface area contributed by atoms with Crippen LogP contribution in [0.15, 0.2) is 18.3 Å². The van der Waals surface area contributed by atoms with E-state index in [4.69, 9.17) is 0 Å². The fourth-order valence-electron chi connectivity index (χ4n) is 3.28.